The molecule has 0 bridgehead atoms. The second-order valence-corrected chi connectivity index (χ2v) is 5.18. The Morgan fingerprint density at radius 1 is 1.62 bits per heavy atom. The molecule has 0 unspecified atom stereocenters. The van der Waals surface area contributed by atoms with Crippen molar-refractivity contribution >= 4 is 15.9 Å². The van der Waals surface area contributed by atoms with Crippen molar-refractivity contribution in [1.29, 1.82) is 0 Å². The molecule has 0 saturated carbocycles. The molecule has 5 nitrogen and oxygen atoms in total. The Morgan fingerprint density at radius 2 is 2.31 bits per heavy atom. The molecular formula is C7H15N3O2S. The summed E-state index contributed by atoms with van der Waals surface area (Å²) in [5.41, 5.74) is 5.33. The van der Waals surface area contributed by atoms with Gasteiger partial charge in [-0.25, -0.2) is 12.7 Å². The largest absolute Gasteiger partial charge is 0.388 e. The molecule has 1 heterocycles. The molecule has 0 aliphatic carbocycles. The van der Waals surface area contributed by atoms with Crippen LogP contribution in [0.5, 0.6) is 0 Å². The molecule has 1 fully saturated rings. The van der Waals surface area contributed by atoms with E-state index in [0.29, 0.717) is 25.5 Å². The molecule has 0 aromatic heterocycles. The zero-order chi connectivity index (χ0) is 9.90. The van der Waals surface area contributed by atoms with Gasteiger partial charge in [0.2, 0.25) is 10.0 Å². The molecule has 13 heavy (non-hydrogen) atoms. The molecule has 0 atom stereocenters. The fraction of sp³-hybridized carbons (Fsp3) is 0.857. The van der Waals surface area contributed by atoms with Gasteiger partial charge in [0.1, 0.15) is 0 Å². The lowest BCUT2D eigenvalue weighted by atomic mass is 10.5. The lowest BCUT2D eigenvalue weighted by Gasteiger charge is -2.11. The van der Waals surface area contributed by atoms with E-state index in [-0.39, 0.29) is 5.75 Å². The van der Waals surface area contributed by atoms with Gasteiger partial charge in [0.15, 0.2) is 0 Å². The fourth-order valence-electron chi connectivity index (χ4n) is 1.28. The third-order valence-electron chi connectivity index (χ3n) is 1.91. The highest BCUT2D eigenvalue weighted by atomic mass is 32.2. The SMILES string of the molecule is CC(N)=NCCN1CCCS1(=O)=O. The number of rotatable bonds is 3. The quantitative estimate of drug-likeness (QED) is 0.493. The number of nitrogens with two attached hydrogens (primary N) is 1. The van der Waals surface area contributed by atoms with Gasteiger partial charge in [-0.15, -0.1) is 0 Å². The molecule has 1 rings (SSSR count). The Labute approximate surface area is 78.7 Å². The average molecular weight is 205 g/mol. The first kappa shape index (κ1) is 10.5. The first-order valence-corrected chi connectivity index (χ1v) is 5.87. The third kappa shape index (κ3) is 2.96. The number of hydrogen-bond donors (Lipinski definition) is 1. The highest BCUT2D eigenvalue weighted by Crippen LogP contribution is 2.11. The van der Waals surface area contributed by atoms with Crippen molar-refractivity contribution in [3.8, 4) is 0 Å². The maximum absolute atomic E-state index is 11.3. The molecule has 0 amide bonds. The van der Waals surface area contributed by atoms with Gasteiger partial charge in [-0.05, 0) is 13.3 Å². The predicted molar refractivity (Wildman–Crippen MR) is 52.1 cm³/mol. The summed E-state index contributed by atoms with van der Waals surface area (Å²) in [6.07, 6.45) is 0.730. The summed E-state index contributed by atoms with van der Waals surface area (Å²) in [5, 5.41) is 0. The minimum Gasteiger partial charge on any atom is -0.388 e. The first-order chi connectivity index (χ1) is 6.02. The van der Waals surface area contributed by atoms with Gasteiger partial charge in [0.25, 0.3) is 0 Å². The highest BCUT2D eigenvalue weighted by Gasteiger charge is 2.27. The van der Waals surface area contributed by atoms with Crippen LogP contribution in [0.25, 0.3) is 0 Å². The van der Waals surface area contributed by atoms with E-state index < -0.39 is 10.0 Å². The zero-order valence-corrected chi connectivity index (χ0v) is 8.55. The van der Waals surface area contributed by atoms with Crippen LogP contribution in [0.3, 0.4) is 0 Å². The van der Waals surface area contributed by atoms with E-state index in [9.17, 15) is 8.42 Å². The van der Waals surface area contributed by atoms with Gasteiger partial charge in [-0.3, -0.25) is 4.99 Å². The van der Waals surface area contributed by atoms with Crippen LogP contribution in [0.15, 0.2) is 4.99 Å². The van der Waals surface area contributed by atoms with Crippen LogP contribution < -0.4 is 5.73 Å². The van der Waals surface area contributed by atoms with E-state index in [1.54, 1.807) is 6.92 Å². The molecular weight excluding hydrogens is 190 g/mol. The third-order valence-corrected chi connectivity index (χ3v) is 3.87. The van der Waals surface area contributed by atoms with Crippen molar-refractivity contribution in [2.45, 2.75) is 13.3 Å². The van der Waals surface area contributed by atoms with E-state index >= 15 is 0 Å². The van der Waals surface area contributed by atoms with Crippen molar-refractivity contribution in [2.75, 3.05) is 25.4 Å². The molecule has 1 saturated heterocycles. The van der Waals surface area contributed by atoms with Crippen molar-refractivity contribution in [1.82, 2.24) is 4.31 Å². The second kappa shape index (κ2) is 4.06. The minimum atomic E-state index is -2.96. The molecule has 0 aromatic carbocycles. The summed E-state index contributed by atoms with van der Waals surface area (Å²) in [4.78, 5) is 3.94. The Balaban J connectivity index is 2.42. The normalized spacial score (nSPS) is 23.6. The number of sulfonamides is 1. The monoisotopic (exact) mass is 205 g/mol. The van der Waals surface area contributed by atoms with E-state index in [0.717, 1.165) is 6.42 Å². The summed E-state index contributed by atoms with van der Waals surface area (Å²) in [7, 11) is -2.96. The van der Waals surface area contributed by atoms with Crippen LogP contribution in [-0.2, 0) is 10.0 Å². The predicted octanol–water partition coefficient (Wildman–Crippen LogP) is -0.601. The maximum atomic E-state index is 11.3. The van der Waals surface area contributed by atoms with Crippen molar-refractivity contribution in [2.24, 2.45) is 10.7 Å². The maximum Gasteiger partial charge on any atom is 0.214 e. The van der Waals surface area contributed by atoms with Crippen LogP contribution in [-0.4, -0.2) is 43.9 Å². The van der Waals surface area contributed by atoms with E-state index in [2.05, 4.69) is 4.99 Å². The first-order valence-electron chi connectivity index (χ1n) is 4.27. The Morgan fingerprint density at radius 3 is 2.77 bits per heavy atom. The van der Waals surface area contributed by atoms with Gasteiger partial charge in [-0.1, -0.05) is 0 Å². The smallest absolute Gasteiger partial charge is 0.214 e. The molecule has 0 aromatic rings. The second-order valence-electron chi connectivity index (χ2n) is 3.09. The molecule has 0 radical (unpaired) electrons. The van der Waals surface area contributed by atoms with Crippen LogP contribution in [0.1, 0.15) is 13.3 Å². The highest BCUT2D eigenvalue weighted by molar-refractivity contribution is 7.89. The number of aliphatic imine (C=N–C) groups is 1. The molecule has 1 aliphatic rings. The van der Waals surface area contributed by atoms with Crippen LogP contribution in [0, 0.1) is 0 Å². The van der Waals surface area contributed by atoms with Gasteiger partial charge in [-0.2, -0.15) is 0 Å². The zero-order valence-electron chi connectivity index (χ0n) is 7.73. The van der Waals surface area contributed by atoms with Crippen LogP contribution >= 0.6 is 0 Å². The lowest BCUT2D eigenvalue weighted by Crippen LogP contribution is -2.28. The van der Waals surface area contributed by atoms with Crippen LogP contribution in [0.4, 0.5) is 0 Å². The fourth-order valence-corrected chi connectivity index (χ4v) is 2.80. The topological polar surface area (TPSA) is 75.8 Å². The van der Waals surface area contributed by atoms with E-state index in [1.807, 2.05) is 0 Å². The van der Waals surface area contributed by atoms with Crippen molar-refractivity contribution in [3.63, 3.8) is 0 Å². The van der Waals surface area contributed by atoms with E-state index in [4.69, 9.17) is 5.73 Å². The van der Waals surface area contributed by atoms with Gasteiger partial charge in [0.05, 0.1) is 18.1 Å². The molecule has 6 heteroatoms. The van der Waals surface area contributed by atoms with Crippen molar-refractivity contribution in [3.05, 3.63) is 0 Å². The summed E-state index contributed by atoms with van der Waals surface area (Å²) in [5.74, 6) is 0.773. The summed E-state index contributed by atoms with van der Waals surface area (Å²) >= 11 is 0. The van der Waals surface area contributed by atoms with Gasteiger partial charge in [0, 0.05) is 13.1 Å². The summed E-state index contributed by atoms with van der Waals surface area (Å²) in [6.45, 7) is 3.23. The molecule has 2 N–H and O–H groups in total. The molecule has 0 spiro atoms. The van der Waals surface area contributed by atoms with Crippen LogP contribution in [0.2, 0.25) is 0 Å². The summed E-state index contributed by atoms with van der Waals surface area (Å²) < 4.78 is 24.0. The average Bonchev–Trinajstić information content (AvgIpc) is 2.30. The Bertz CT molecular complexity index is 293. The minimum absolute atomic E-state index is 0.276. The summed E-state index contributed by atoms with van der Waals surface area (Å²) in [6, 6.07) is 0. The van der Waals surface area contributed by atoms with Gasteiger partial charge < -0.3 is 5.73 Å². The Hall–Kier alpha value is -0.620. The molecule has 76 valence electrons. The van der Waals surface area contributed by atoms with E-state index in [1.165, 1.54) is 4.31 Å². The van der Waals surface area contributed by atoms with Crippen molar-refractivity contribution < 1.29 is 8.42 Å². The number of hydrogen-bond acceptors (Lipinski definition) is 3. The Kier molecular flexibility index (Phi) is 3.27. The molecule has 1 aliphatic heterocycles. The number of nitrogens with zero attached hydrogens (tertiary/aromatic N) is 2. The van der Waals surface area contributed by atoms with Gasteiger partial charge >= 0.3 is 0 Å². The standard InChI is InChI=1S/C7H15N3O2S/c1-7(8)9-3-5-10-4-2-6-13(10,11)12/h2-6H2,1H3,(H2,8,9). The number of amidine groups is 1. The lowest BCUT2D eigenvalue weighted by molar-refractivity contribution is 0.452.